The van der Waals surface area contributed by atoms with Gasteiger partial charge in [0, 0.05) is 11.1 Å². The molecule has 98 valence electrons. The van der Waals surface area contributed by atoms with Gasteiger partial charge in [0.1, 0.15) is 17.6 Å². The maximum Gasteiger partial charge on any atom is 0.470 e. The van der Waals surface area contributed by atoms with Crippen LogP contribution in [0.15, 0.2) is 48.5 Å². The molecule has 5 nitrogen and oxygen atoms in total. The van der Waals surface area contributed by atoms with Gasteiger partial charge in [0.2, 0.25) is 0 Å². The highest BCUT2D eigenvalue weighted by molar-refractivity contribution is 7.46. The molecule has 0 aromatic heterocycles. The Kier molecular flexibility index (Phi) is 2.92. The minimum Gasteiger partial charge on any atom is -0.457 e. The minimum atomic E-state index is -4.60. The minimum absolute atomic E-state index is 0.541. The Morgan fingerprint density at radius 2 is 1.42 bits per heavy atom. The molecular formula is C13H11O5P. The first kappa shape index (κ1) is 12.4. The van der Waals surface area contributed by atoms with Gasteiger partial charge in [-0.05, 0) is 12.1 Å². The van der Waals surface area contributed by atoms with Crippen LogP contribution in [0.4, 0.5) is 0 Å². The Labute approximate surface area is 109 Å². The van der Waals surface area contributed by atoms with Crippen molar-refractivity contribution in [3.8, 4) is 11.5 Å². The summed E-state index contributed by atoms with van der Waals surface area (Å²) in [4.78, 5) is 18.1. The van der Waals surface area contributed by atoms with Gasteiger partial charge in [0.15, 0.2) is 0 Å². The summed E-state index contributed by atoms with van der Waals surface area (Å²) in [5.74, 6) is 1.08. The molecule has 0 radical (unpaired) electrons. The van der Waals surface area contributed by atoms with Gasteiger partial charge in [-0.1, -0.05) is 36.4 Å². The molecule has 1 heterocycles. The maximum atomic E-state index is 11.2. The van der Waals surface area contributed by atoms with Crippen LogP contribution in [0, 0.1) is 0 Å². The van der Waals surface area contributed by atoms with Gasteiger partial charge in [0.25, 0.3) is 0 Å². The SMILES string of the molecule is O=P(O)(O)OC1c2ccccc2Oc2ccccc21. The summed E-state index contributed by atoms with van der Waals surface area (Å²) in [5, 5.41) is 0. The molecule has 0 saturated heterocycles. The molecule has 0 bridgehead atoms. The number of phosphoric ester groups is 1. The number of benzene rings is 2. The second kappa shape index (κ2) is 4.47. The van der Waals surface area contributed by atoms with E-state index in [4.69, 9.17) is 19.0 Å². The molecule has 0 aliphatic carbocycles. The number of ether oxygens (including phenoxy) is 1. The molecule has 1 aliphatic heterocycles. The smallest absolute Gasteiger partial charge is 0.457 e. The molecule has 0 atom stereocenters. The zero-order chi connectivity index (χ0) is 13.5. The Bertz CT molecular complexity index is 618. The predicted octanol–water partition coefficient (Wildman–Crippen LogP) is 2.99. The molecule has 0 saturated carbocycles. The van der Waals surface area contributed by atoms with Gasteiger partial charge in [-0.2, -0.15) is 0 Å². The summed E-state index contributed by atoms with van der Waals surface area (Å²) in [5.41, 5.74) is 1.20. The average Bonchev–Trinajstić information content (AvgIpc) is 2.37. The third-order valence-corrected chi connectivity index (χ3v) is 3.35. The van der Waals surface area contributed by atoms with Gasteiger partial charge in [-0.15, -0.1) is 0 Å². The Balaban J connectivity index is 2.14. The highest BCUT2D eigenvalue weighted by Crippen LogP contribution is 2.51. The normalized spacial score (nSPS) is 14.4. The number of phosphoric acid groups is 1. The number of fused-ring (bicyclic) bond motifs is 2. The monoisotopic (exact) mass is 278 g/mol. The lowest BCUT2D eigenvalue weighted by Crippen LogP contribution is -2.12. The second-order valence-corrected chi connectivity index (χ2v) is 5.35. The zero-order valence-electron chi connectivity index (χ0n) is 9.76. The molecule has 2 aromatic rings. The van der Waals surface area contributed by atoms with Crippen LogP contribution in [0.25, 0.3) is 0 Å². The van der Waals surface area contributed by atoms with E-state index in [9.17, 15) is 4.57 Å². The van der Waals surface area contributed by atoms with Gasteiger partial charge < -0.3 is 14.5 Å². The van der Waals surface area contributed by atoms with E-state index in [1.54, 1.807) is 48.5 Å². The van der Waals surface area contributed by atoms with Crippen molar-refractivity contribution in [2.75, 3.05) is 0 Å². The summed E-state index contributed by atoms with van der Waals surface area (Å²) in [6, 6.07) is 14.1. The van der Waals surface area contributed by atoms with E-state index in [0.29, 0.717) is 22.6 Å². The van der Waals surface area contributed by atoms with Crippen molar-refractivity contribution in [3.05, 3.63) is 59.7 Å². The first-order chi connectivity index (χ1) is 9.04. The first-order valence-electron chi connectivity index (χ1n) is 5.64. The van der Waals surface area contributed by atoms with Crippen LogP contribution < -0.4 is 4.74 Å². The van der Waals surface area contributed by atoms with Crippen LogP contribution >= 0.6 is 7.82 Å². The fourth-order valence-electron chi connectivity index (χ4n) is 2.12. The van der Waals surface area contributed by atoms with Crippen LogP contribution in [-0.4, -0.2) is 9.79 Å². The van der Waals surface area contributed by atoms with E-state index >= 15 is 0 Å². The molecule has 0 unspecified atom stereocenters. The van der Waals surface area contributed by atoms with E-state index in [0.717, 1.165) is 0 Å². The van der Waals surface area contributed by atoms with Crippen LogP contribution in [0.2, 0.25) is 0 Å². The third kappa shape index (κ3) is 2.41. The summed E-state index contributed by atoms with van der Waals surface area (Å²) in [6.45, 7) is 0. The van der Waals surface area contributed by atoms with E-state index in [2.05, 4.69) is 0 Å². The molecule has 2 N–H and O–H groups in total. The molecule has 3 rings (SSSR count). The van der Waals surface area contributed by atoms with E-state index in [1.165, 1.54) is 0 Å². The summed E-state index contributed by atoms with van der Waals surface area (Å²) in [6.07, 6.45) is -0.831. The fraction of sp³-hybridized carbons (Fsp3) is 0.0769. The molecule has 2 aromatic carbocycles. The van der Waals surface area contributed by atoms with Gasteiger partial charge in [-0.25, -0.2) is 4.57 Å². The Morgan fingerprint density at radius 3 is 1.89 bits per heavy atom. The van der Waals surface area contributed by atoms with E-state index in [1.807, 2.05) is 0 Å². The lowest BCUT2D eigenvalue weighted by Gasteiger charge is -2.27. The van der Waals surface area contributed by atoms with Crippen LogP contribution in [-0.2, 0) is 9.09 Å². The molecule has 0 amide bonds. The zero-order valence-corrected chi connectivity index (χ0v) is 10.7. The lowest BCUT2D eigenvalue weighted by atomic mass is 9.97. The summed E-state index contributed by atoms with van der Waals surface area (Å²) >= 11 is 0. The highest BCUT2D eigenvalue weighted by Gasteiger charge is 2.32. The number of para-hydroxylation sites is 2. The van der Waals surface area contributed by atoms with Gasteiger partial charge in [-0.3, -0.25) is 4.52 Å². The van der Waals surface area contributed by atoms with E-state index in [-0.39, 0.29) is 0 Å². The van der Waals surface area contributed by atoms with E-state index < -0.39 is 13.9 Å². The molecule has 6 heteroatoms. The van der Waals surface area contributed by atoms with Crippen molar-refractivity contribution in [2.24, 2.45) is 0 Å². The number of hydrogen-bond donors (Lipinski definition) is 2. The van der Waals surface area contributed by atoms with Crippen LogP contribution in [0.5, 0.6) is 11.5 Å². The topological polar surface area (TPSA) is 76.0 Å². The van der Waals surface area contributed by atoms with Gasteiger partial charge in [0.05, 0.1) is 0 Å². The predicted molar refractivity (Wildman–Crippen MR) is 67.9 cm³/mol. The standard InChI is InChI=1S/C13H11O5P/c14-19(15,16)18-13-9-5-1-3-7-11(9)17-12-8-4-2-6-10(12)13/h1-8,13H,(H2,14,15,16). The Hall–Kier alpha value is -1.65. The quantitative estimate of drug-likeness (QED) is 0.826. The molecule has 1 aliphatic rings. The third-order valence-electron chi connectivity index (χ3n) is 2.87. The van der Waals surface area contributed by atoms with Crippen molar-refractivity contribution in [3.63, 3.8) is 0 Å². The summed E-state index contributed by atoms with van der Waals surface area (Å²) < 4.78 is 21.8. The Morgan fingerprint density at radius 1 is 0.947 bits per heavy atom. The number of hydrogen-bond acceptors (Lipinski definition) is 3. The molecular weight excluding hydrogens is 267 g/mol. The largest absolute Gasteiger partial charge is 0.470 e. The molecule has 0 fully saturated rings. The average molecular weight is 278 g/mol. The summed E-state index contributed by atoms with van der Waals surface area (Å²) in [7, 11) is -4.60. The van der Waals surface area contributed by atoms with Crippen molar-refractivity contribution in [1.29, 1.82) is 0 Å². The molecule has 19 heavy (non-hydrogen) atoms. The van der Waals surface area contributed by atoms with Crippen molar-refractivity contribution >= 4 is 7.82 Å². The highest BCUT2D eigenvalue weighted by atomic mass is 31.2. The van der Waals surface area contributed by atoms with Crippen LogP contribution in [0.3, 0.4) is 0 Å². The van der Waals surface area contributed by atoms with Crippen LogP contribution in [0.1, 0.15) is 17.2 Å². The fourth-order valence-corrected chi connectivity index (χ4v) is 2.62. The van der Waals surface area contributed by atoms with Crippen molar-refractivity contribution in [1.82, 2.24) is 0 Å². The van der Waals surface area contributed by atoms with Crippen molar-refractivity contribution in [2.45, 2.75) is 6.10 Å². The second-order valence-electron chi connectivity index (χ2n) is 4.15. The van der Waals surface area contributed by atoms with Gasteiger partial charge >= 0.3 is 7.82 Å². The maximum absolute atomic E-state index is 11.2. The lowest BCUT2D eigenvalue weighted by molar-refractivity contribution is 0.150. The first-order valence-corrected chi connectivity index (χ1v) is 7.17. The number of rotatable bonds is 2. The molecule has 0 spiro atoms. The van der Waals surface area contributed by atoms with Crippen molar-refractivity contribution < 1.29 is 23.6 Å².